The van der Waals surface area contributed by atoms with E-state index >= 15 is 8.78 Å². The van der Waals surface area contributed by atoms with Crippen LogP contribution < -0.4 is 16.9 Å². The maximum atomic E-state index is 15.6. The van der Waals surface area contributed by atoms with E-state index in [1.807, 2.05) is 0 Å². The Morgan fingerprint density at radius 2 is 1.67 bits per heavy atom. The fraction of sp³-hybridized carbons (Fsp3) is 0.524. The molecule has 0 amide bonds. The van der Waals surface area contributed by atoms with Gasteiger partial charge in [-0.15, -0.1) is 0 Å². The molecule has 4 aromatic rings. The van der Waals surface area contributed by atoms with Crippen molar-refractivity contribution in [3.63, 3.8) is 0 Å². The van der Waals surface area contributed by atoms with E-state index in [-0.39, 0.29) is 48.1 Å². The number of H-pyrrole nitrogens is 2. The second-order valence-electron chi connectivity index (χ2n) is 9.62. The number of nitrogens with zero attached hydrogens (tertiary/aromatic N) is 6. The number of nitrogens with two attached hydrogens (primary N) is 1. The summed E-state index contributed by atoms with van der Waals surface area (Å²) >= 11 is 3.79. The molecule has 6 heterocycles. The number of ether oxygens (including phenoxy) is 2. The molecule has 0 bridgehead atoms. The summed E-state index contributed by atoms with van der Waals surface area (Å²) in [4.78, 5) is 45.0. The number of aromatic nitrogens is 8. The van der Waals surface area contributed by atoms with Crippen molar-refractivity contribution in [1.82, 2.24) is 39.0 Å². The van der Waals surface area contributed by atoms with E-state index in [1.54, 1.807) is 0 Å². The van der Waals surface area contributed by atoms with Gasteiger partial charge in [0, 0.05) is 15.4 Å². The quantitative estimate of drug-likeness (QED) is 0.0747. The zero-order valence-corrected chi connectivity index (χ0v) is 24.8. The van der Waals surface area contributed by atoms with Crippen LogP contribution in [-0.4, -0.2) is 89.5 Å². The van der Waals surface area contributed by atoms with Gasteiger partial charge in [-0.3, -0.25) is 23.7 Å². The molecule has 2 unspecified atom stereocenters. The minimum Gasteiger partial charge on any atom is -0.369 e. The Labute approximate surface area is 249 Å². The summed E-state index contributed by atoms with van der Waals surface area (Å²) in [6, 6.07) is 0. The number of anilines is 1. The van der Waals surface area contributed by atoms with E-state index < -0.39 is 69.2 Å². The Balaban J connectivity index is 1.06. The van der Waals surface area contributed by atoms with Crippen molar-refractivity contribution in [2.75, 3.05) is 25.6 Å². The number of halogens is 2. The van der Waals surface area contributed by atoms with Crippen LogP contribution in [0.25, 0.3) is 22.3 Å². The predicted octanol–water partition coefficient (Wildman–Crippen LogP) is 0.501. The van der Waals surface area contributed by atoms with E-state index in [9.17, 15) is 9.59 Å². The minimum atomic E-state index is -1.68. The van der Waals surface area contributed by atoms with E-state index in [4.69, 9.17) is 33.0 Å². The second-order valence-corrected chi connectivity index (χ2v) is 10.9. The molecule has 0 aliphatic carbocycles. The topological polar surface area (TPSA) is 209 Å². The SMILES string of the molecule is Nc1nc2c(ncn2[C@@H]2O[C@H](COPOC[C@H]3[C@H](F)[C@H](n4cnc5c(=O)[nH]cnc54)O[C@@H]3COP)[C@H](F)[C@H]2OS)c(=O)[nH]1. The average molecular weight is 663 g/mol. The normalized spacial score (nSPS) is 29.6. The van der Waals surface area contributed by atoms with E-state index in [2.05, 4.69) is 52.3 Å². The fourth-order valence-electron chi connectivity index (χ4n) is 5.08. The highest BCUT2D eigenvalue weighted by Gasteiger charge is 2.48. The molecule has 22 heteroatoms. The lowest BCUT2D eigenvalue weighted by Gasteiger charge is -2.19. The van der Waals surface area contributed by atoms with Crippen LogP contribution in [0.5, 0.6) is 0 Å². The van der Waals surface area contributed by atoms with Gasteiger partial charge in [0.25, 0.3) is 11.1 Å². The minimum absolute atomic E-state index is 0.0125. The summed E-state index contributed by atoms with van der Waals surface area (Å²) in [5, 5.41) is 0. The molecule has 2 fully saturated rings. The Kier molecular flexibility index (Phi) is 9.00. The number of thiol groups is 1. The fourth-order valence-corrected chi connectivity index (χ4v) is 6.07. The van der Waals surface area contributed by atoms with E-state index in [1.165, 1.54) is 28.1 Å². The molecule has 0 aromatic carbocycles. The number of fused-ring (bicyclic) bond motifs is 2. The summed E-state index contributed by atoms with van der Waals surface area (Å²) in [6.07, 6.45) is -4.73. The lowest BCUT2D eigenvalue weighted by Crippen LogP contribution is -2.30. The number of alkyl halides is 2. The lowest BCUT2D eigenvalue weighted by molar-refractivity contribution is -0.0398. The summed E-state index contributed by atoms with van der Waals surface area (Å²) in [7, 11) is 1.48. The van der Waals surface area contributed by atoms with Gasteiger partial charge in [0.15, 0.2) is 62.3 Å². The molecule has 232 valence electrons. The lowest BCUT2D eigenvalue weighted by atomic mass is 10.0. The number of hydrogen-bond donors (Lipinski definition) is 4. The molecule has 0 saturated carbocycles. The zero-order chi connectivity index (χ0) is 30.2. The van der Waals surface area contributed by atoms with Crippen LogP contribution in [0, 0.1) is 5.92 Å². The maximum Gasteiger partial charge on any atom is 0.280 e. The molecule has 0 spiro atoms. The molecule has 0 radical (unpaired) electrons. The molecular formula is C21H25F2N9O8P2S. The first-order valence-corrected chi connectivity index (χ1v) is 14.3. The Morgan fingerprint density at radius 1 is 0.977 bits per heavy atom. The molecule has 10 atom stereocenters. The first-order chi connectivity index (χ1) is 20.8. The highest BCUT2D eigenvalue weighted by Crippen LogP contribution is 2.40. The first kappa shape index (κ1) is 30.4. The van der Waals surface area contributed by atoms with Crippen LogP contribution in [0.1, 0.15) is 12.5 Å². The highest BCUT2D eigenvalue weighted by atomic mass is 32.1. The van der Waals surface area contributed by atoms with Gasteiger partial charge in [-0.1, -0.05) is 0 Å². The summed E-state index contributed by atoms with van der Waals surface area (Å²) in [5.41, 5.74) is 4.90. The zero-order valence-electron chi connectivity index (χ0n) is 21.8. The number of rotatable bonds is 11. The van der Waals surface area contributed by atoms with E-state index in [0.717, 1.165) is 0 Å². The van der Waals surface area contributed by atoms with Crippen molar-refractivity contribution >= 4 is 59.7 Å². The van der Waals surface area contributed by atoms with Gasteiger partial charge in [-0.05, 0) is 12.9 Å². The average Bonchev–Trinajstić information content (AvgIpc) is 3.74. The Bertz CT molecular complexity index is 1710. The molecule has 4 N–H and O–H groups in total. The molecular weight excluding hydrogens is 638 g/mol. The Morgan fingerprint density at radius 3 is 2.42 bits per heavy atom. The molecule has 17 nitrogen and oxygen atoms in total. The van der Waals surface area contributed by atoms with Gasteiger partial charge in [0.1, 0.15) is 6.10 Å². The van der Waals surface area contributed by atoms with Crippen molar-refractivity contribution in [2.24, 2.45) is 5.92 Å². The third-order valence-electron chi connectivity index (χ3n) is 7.13. The monoisotopic (exact) mass is 663 g/mol. The first-order valence-electron chi connectivity index (χ1n) is 12.6. The van der Waals surface area contributed by atoms with Crippen LogP contribution in [0.4, 0.5) is 14.7 Å². The Hall–Kier alpha value is -2.67. The van der Waals surface area contributed by atoms with Gasteiger partial charge < -0.3 is 37.9 Å². The van der Waals surface area contributed by atoms with Crippen molar-refractivity contribution in [1.29, 1.82) is 0 Å². The molecule has 6 rings (SSSR count). The van der Waals surface area contributed by atoms with Crippen LogP contribution in [-0.2, 0) is 27.2 Å². The van der Waals surface area contributed by atoms with Crippen LogP contribution >= 0.6 is 31.4 Å². The number of hydrogen-bond acceptors (Lipinski definition) is 14. The number of nitrogen functional groups attached to an aromatic ring is 1. The van der Waals surface area contributed by atoms with Crippen LogP contribution in [0.2, 0.25) is 0 Å². The van der Waals surface area contributed by atoms with Crippen LogP contribution in [0.3, 0.4) is 0 Å². The molecule has 43 heavy (non-hydrogen) atoms. The van der Waals surface area contributed by atoms with Crippen LogP contribution in [0.15, 0.2) is 28.6 Å². The maximum absolute atomic E-state index is 15.6. The predicted molar refractivity (Wildman–Crippen MR) is 152 cm³/mol. The van der Waals surface area contributed by atoms with Crippen molar-refractivity contribution in [3.05, 3.63) is 39.7 Å². The van der Waals surface area contributed by atoms with E-state index in [0.29, 0.717) is 0 Å². The number of imidazole rings is 2. The van der Waals surface area contributed by atoms with Gasteiger partial charge in [0.05, 0.1) is 44.9 Å². The van der Waals surface area contributed by atoms with Gasteiger partial charge >= 0.3 is 0 Å². The van der Waals surface area contributed by atoms with Gasteiger partial charge in [-0.25, -0.2) is 23.7 Å². The largest absolute Gasteiger partial charge is 0.369 e. The molecule has 2 aliphatic rings. The number of nitrogens with one attached hydrogen (secondary N) is 2. The second kappa shape index (κ2) is 12.7. The van der Waals surface area contributed by atoms with Crippen molar-refractivity contribution in [2.45, 2.75) is 43.1 Å². The van der Waals surface area contributed by atoms with Gasteiger partial charge in [-0.2, -0.15) is 4.98 Å². The smallest absolute Gasteiger partial charge is 0.280 e. The molecule has 2 aliphatic heterocycles. The standard InChI is InChI=1S/C21H25F2N9O8P2S/c22-10-7(8(2-35-41)38-19(10)31-5-27-12-15(31)25-4-26-17(12)33)1-36-42-37-3-9-11(23)14(40-43)20(39-9)32-6-28-13-16(32)29-21(24)30-18(13)34/h4-11,14,19-20,42-43H,1-3,41H2,(H,25,26,33)(H3,24,29,30,34)/t7-,8-,9-,10+,11+,14-,19-,20-/m1/s1. The summed E-state index contributed by atoms with van der Waals surface area (Å²) in [6.45, 7) is -0.316. The molecule has 2 saturated heterocycles. The van der Waals surface area contributed by atoms with Gasteiger partial charge in [0.2, 0.25) is 5.95 Å². The highest BCUT2D eigenvalue weighted by molar-refractivity contribution is 7.75. The van der Waals surface area contributed by atoms with Crippen molar-refractivity contribution in [3.8, 4) is 0 Å². The molecule has 4 aromatic heterocycles. The third-order valence-corrected chi connectivity index (χ3v) is 8.13. The third kappa shape index (κ3) is 5.67. The summed E-state index contributed by atoms with van der Waals surface area (Å²) in [5.74, 6) is -0.927. The number of aromatic amines is 2. The summed E-state index contributed by atoms with van der Waals surface area (Å²) < 4.78 is 66.5. The van der Waals surface area contributed by atoms with Crippen molar-refractivity contribution < 1.29 is 36.0 Å².